The van der Waals surface area contributed by atoms with Crippen molar-refractivity contribution in [1.29, 1.82) is 0 Å². The maximum absolute atomic E-state index is 12.8. The fourth-order valence-electron chi connectivity index (χ4n) is 3.00. The molecule has 23 heavy (non-hydrogen) atoms. The first kappa shape index (κ1) is 16.5. The molecule has 0 saturated carbocycles. The number of nitrogens with zero attached hydrogens (tertiary/aromatic N) is 2. The Kier molecular flexibility index (Phi) is 4.79. The zero-order chi connectivity index (χ0) is 16.4. The Morgan fingerprint density at radius 1 is 1.04 bits per heavy atom. The molecule has 2 aliphatic heterocycles. The van der Waals surface area contributed by atoms with Gasteiger partial charge in [0.1, 0.15) is 13.2 Å². The van der Waals surface area contributed by atoms with E-state index in [2.05, 4.69) is 18.7 Å². The van der Waals surface area contributed by atoms with E-state index in [-0.39, 0.29) is 4.90 Å². The van der Waals surface area contributed by atoms with Gasteiger partial charge in [-0.1, -0.05) is 13.8 Å². The van der Waals surface area contributed by atoms with Crippen molar-refractivity contribution < 1.29 is 17.9 Å². The van der Waals surface area contributed by atoms with Crippen LogP contribution in [0.4, 0.5) is 0 Å². The lowest BCUT2D eigenvalue weighted by atomic mass is 10.2. The number of fused-ring (bicyclic) bond motifs is 1. The zero-order valence-electron chi connectivity index (χ0n) is 13.7. The highest BCUT2D eigenvalue weighted by Crippen LogP contribution is 2.33. The molecule has 6 nitrogen and oxygen atoms in total. The molecule has 2 aliphatic rings. The molecule has 0 atom stereocenters. The summed E-state index contributed by atoms with van der Waals surface area (Å²) in [6.07, 6.45) is 0. The van der Waals surface area contributed by atoms with Gasteiger partial charge in [0.2, 0.25) is 10.0 Å². The molecule has 1 aromatic carbocycles. The van der Waals surface area contributed by atoms with E-state index in [1.54, 1.807) is 22.5 Å². The topological polar surface area (TPSA) is 59.1 Å². The average molecular weight is 340 g/mol. The van der Waals surface area contributed by atoms with Gasteiger partial charge in [-0.05, 0) is 18.1 Å². The summed E-state index contributed by atoms with van der Waals surface area (Å²) in [5, 5.41) is 0. The molecule has 0 radical (unpaired) electrons. The second-order valence-electron chi connectivity index (χ2n) is 6.40. The van der Waals surface area contributed by atoms with Crippen molar-refractivity contribution in [3.63, 3.8) is 0 Å². The molecule has 0 N–H and O–H groups in total. The van der Waals surface area contributed by atoms with Gasteiger partial charge in [0, 0.05) is 38.8 Å². The summed E-state index contributed by atoms with van der Waals surface area (Å²) in [5.41, 5.74) is 0. The standard InChI is InChI=1S/C16H24N2O4S/c1-13(2)12-17-5-7-18(8-6-17)23(19,20)14-3-4-15-16(11-14)22-10-9-21-15/h3-4,11,13H,5-10,12H2,1-2H3. The third-order valence-corrected chi connectivity index (χ3v) is 6.00. The van der Waals surface area contributed by atoms with E-state index in [4.69, 9.17) is 9.47 Å². The van der Waals surface area contributed by atoms with E-state index >= 15 is 0 Å². The molecule has 2 heterocycles. The Bertz CT molecular complexity index is 652. The molecule has 0 amide bonds. The normalized spacial score (nSPS) is 20.0. The molecule has 0 spiro atoms. The zero-order valence-corrected chi connectivity index (χ0v) is 14.5. The third kappa shape index (κ3) is 3.62. The molecule has 0 unspecified atom stereocenters. The summed E-state index contributed by atoms with van der Waals surface area (Å²) < 4.78 is 38.1. The molecule has 3 rings (SSSR count). The molecule has 0 aromatic heterocycles. The van der Waals surface area contributed by atoms with Crippen LogP contribution in [0.1, 0.15) is 13.8 Å². The minimum absolute atomic E-state index is 0.277. The van der Waals surface area contributed by atoms with Crippen molar-refractivity contribution in [2.45, 2.75) is 18.7 Å². The number of hydrogen-bond donors (Lipinski definition) is 0. The summed E-state index contributed by atoms with van der Waals surface area (Å²) in [7, 11) is -3.48. The maximum atomic E-state index is 12.8. The Balaban J connectivity index is 1.72. The second-order valence-corrected chi connectivity index (χ2v) is 8.34. The van der Waals surface area contributed by atoms with Crippen LogP contribution in [-0.4, -0.2) is 63.6 Å². The van der Waals surface area contributed by atoms with Gasteiger partial charge in [-0.2, -0.15) is 4.31 Å². The SMILES string of the molecule is CC(C)CN1CCN(S(=O)(=O)c2ccc3c(c2)OCCO3)CC1. The van der Waals surface area contributed by atoms with Gasteiger partial charge in [0.25, 0.3) is 0 Å². The Morgan fingerprint density at radius 2 is 1.70 bits per heavy atom. The Morgan fingerprint density at radius 3 is 2.35 bits per heavy atom. The number of rotatable bonds is 4. The van der Waals surface area contributed by atoms with Crippen molar-refractivity contribution in [2.75, 3.05) is 45.9 Å². The molecule has 1 aromatic rings. The molecular formula is C16H24N2O4S. The number of benzene rings is 1. The summed E-state index contributed by atoms with van der Waals surface area (Å²) in [6.45, 7) is 8.94. The maximum Gasteiger partial charge on any atom is 0.243 e. The van der Waals surface area contributed by atoms with Crippen LogP contribution in [0.25, 0.3) is 0 Å². The number of piperazine rings is 1. The van der Waals surface area contributed by atoms with Crippen molar-refractivity contribution >= 4 is 10.0 Å². The molecule has 1 saturated heterocycles. The molecular weight excluding hydrogens is 316 g/mol. The van der Waals surface area contributed by atoms with E-state index in [0.717, 1.165) is 19.6 Å². The smallest absolute Gasteiger partial charge is 0.243 e. The Hall–Kier alpha value is -1.31. The molecule has 0 aliphatic carbocycles. The number of sulfonamides is 1. The first-order valence-corrected chi connectivity index (χ1v) is 9.53. The van der Waals surface area contributed by atoms with Crippen LogP contribution < -0.4 is 9.47 Å². The van der Waals surface area contributed by atoms with Gasteiger partial charge < -0.3 is 14.4 Å². The lowest BCUT2D eigenvalue weighted by Gasteiger charge is -2.34. The van der Waals surface area contributed by atoms with Crippen LogP contribution in [-0.2, 0) is 10.0 Å². The van der Waals surface area contributed by atoms with E-state index < -0.39 is 10.0 Å². The minimum Gasteiger partial charge on any atom is -0.486 e. The van der Waals surface area contributed by atoms with Crippen molar-refractivity contribution in [3.05, 3.63) is 18.2 Å². The van der Waals surface area contributed by atoms with E-state index in [1.807, 2.05) is 0 Å². The summed E-state index contributed by atoms with van der Waals surface area (Å²) in [4.78, 5) is 2.60. The van der Waals surface area contributed by atoms with Crippen LogP contribution in [0.3, 0.4) is 0 Å². The highest BCUT2D eigenvalue weighted by atomic mass is 32.2. The monoisotopic (exact) mass is 340 g/mol. The highest BCUT2D eigenvalue weighted by molar-refractivity contribution is 7.89. The van der Waals surface area contributed by atoms with Crippen molar-refractivity contribution in [1.82, 2.24) is 9.21 Å². The predicted molar refractivity (Wildman–Crippen MR) is 87.5 cm³/mol. The van der Waals surface area contributed by atoms with Crippen LogP contribution in [0.5, 0.6) is 11.5 Å². The third-order valence-electron chi connectivity index (χ3n) is 4.11. The van der Waals surface area contributed by atoms with Gasteiger partial charge in [-0.3, -0.25) is 0 Å². The lowest BCUT2D eigenvalue weighted by molar-refractivity contribution is 0.169. The van der Waals surface area contributed by atoms with Crippen LogP contribution in [0, 0.1) is 5.92 Å². The predicted octanol–water partition coefficient (Wildman–Crippen LogP) is 1.42. The van der Waals surface area contributed by atoms with E-state index in [9.17, 15) is 8.42 Å². The molecule has 128 valence electrons. The van der Waals surface area contributed by atoms with Gasteiger partial charge >= 0.3 is 0 Å². The van der Waals surface area contributed by atoms with E-state index in [1.165, 1.54) is 0 Å². The lowest BCUT2D eigenvalue weighted by Crippen LogP contribution is -2.49. The van der Waals surface area contributed by atoms with Gasteiger partial charge in [0.05, 0.1) is 4.90 Å². The fraction of sp³-hybridized carbons (Fsp3) is 0.625. The molecule has 0 bridgehead atoms. The average Bonchev–Trinajstić information content (AvgIpc) is 2.54. The first-order chi connectivity index (χ1) is 11.0. The van der Waals surface area contributed by atoms with Crippen molar-refractivity contribution in [3.8, 4) is 11.5 Å². The highest BCUT2D eigenvalue weighted by Gasteiger charge is 2.29. The summed E-state index contributed by atoms with van der Waals surface area (Å²) >= 11 is 0. The molecule has 7 heteroatoms. The van der Waals surface area contributed by atoms with Gasteiger partial charge in [-0.15, -0.1) is 0 Å². The minimum atomic E-state index is -3.48. The van der Waals surface area contributed by atoms with Gasteiger partial charge in [-0.25, -0.2) is 8.42 Å². The van der Waals surface area contributed by atoms with Crippen molar-refractivity contribution in [2.24, 2.45) is 5.92 Å². The summed E-state index contributed by atoms with van der Waals surface area (Å²) in [5.74, 6) is 1.71. The second kappa shape index (κ2) is 6.67. The molecule has 1 fully saturated rings. The fourth-order valence-corrected chi connectivity index (χ4v) is 4.44. The first-order valence-electron chi connectivity index (χ1n) is 8.09. The largest absolute Gasteiger partial charge is 0.486 e. The summed E-state index contributed by atoms with van der Waals surface area (Å²) in [6, 6.07) is 4.85. The van der Waals surface area contributed by atoms with Crippen LogP contribution in [0.2, 0.25) is 0 Å². The van der Waals surface area contributed by atoms with Gasteiger partial charge in [0.15, 0.2) is 11.5 Å². The van der Waals surface area contributed by atoms with E-state index in [0.29, 0.717) is 43.7 Å². The number of hydrogen-bond acceptors (Lipinski definition) is 5. The van der Waals surface area contributed by atoms with Crippen LogP contribution in [0.15, 0.2) is 23.1 Å². The number of ether oxygens (including phenoxy) is 2. The quantitative estimate of drug-likeness (QED) is 0.830. The van der Waals surface area contributed by atoms with Crippen LogP contribution >= 0.6 is 0 Å². The Labute approximate surface area is 138 Å².